The normalized spacial score (nSPS) is 24.3. The second-order valence-electron chi connectivity index (χ2n) is 4.19. The Morgan fingerprint density at radius 1 is 1.44 bits per heavy atom. The molecule has 0 spiro atoms. The van der Waals surface area contributed by atoms with Gasteiger partial charge in [0, 0.05) is 11.4 Å². The third-order valence-corrected chi connectivity index (χ3v) is 3.98. The lowest BCUT2D eigenvalue weighted by molar-refractivity contribution is 0.523. The minimum atomic E-state index is -0.218. The highest BCUT2D eigenvalue weighted by Gasteiger charge is 2.28. The summed E-state index contributed by atoms with van der Waals surface area (Å²) in [5.74, 6) is 0.789. The van der Waals surface area contributed by atoms with Crippen LogP contribution in [0, 0.1) is 5.82 Å². The summed E-state index contributed by atoms with van der Waals surface area (Å²) in [6.45, 7) is 4.30. The second-order valence-corrected chi connectivity index (χ2v) is 5.15. The molecule has 0 radical (unpaired) electrons. The average molecular weight is 238 g/mol. The largest absolute Gasteiger partial charge is 0.335 e. The van der Waals surface area contributed by atoms with Crippen molar-refractivity contribution in [3.63, 3.8) is 0 Å². The highest BCUT2D eigenvalue weighted by atomic mass is 32.2. The number of nitrogens with one attached hydrogen (secondary N) is 1. The van der Waals surface area contributed by atoms with Gasteiger partial charge in [-0.15, -0.1) is 0 Å². The number of thioether (sulfide) groups is 1. The van der Waals surface area contributed by atoms with Crippen LogP contribution in [0.3, 0.4) is 0 Å². The second kappa shape index (κ2) is 4.45. The van der Waals surface area contributed by atoms with Gasteiger partial charge in [0.05, 0.1) is 5.54 Å². The van der Waals surface area contributed by atoms with Crippen molar-refractivity contribution in [3.05, 3.63) is 30.1 Å². The van der Waals surface area contributed by atoms with Gasteiger partial charge < -0.3 is 5.32 Å². The average Bonchev–Trinajstić information content (AvgIpc) is 2.65. The first-order valence-electron chi connectivity index (χ1n) is 5.36. The quantitative estimate of drug-likeness (QED) is 0.852. The number of aliphatic imine (C=N–C) groups is 1. The highest BCUT2D eigenvalue weighted by Crippen LogP contribution is 2.30. The maximum atomic E-state index is 12.7. The number of nitrogens with zero attached hydrogens (tertiary/aromatic N) is 1. The van der Waals surface area contributed by atoms with Crippen molar-refractivity contribution in [1.82, 2.24) is 0 Å². The SMILES string of the molecule is CCC1(C)CSC(Nc2ccc(F)cc2)=N1. The van der Waals surface area contributed by atoms with E-state index in [-0.39, 0.29) is 11.4 Å². The van der Waals surface area contributed by atoms with Crippen molar-refractivity contribution < 1.29 is 4.39 Å². The molecule has 1 aliphatic heterocycles. The molecule has 4 heteroatoms. The molecule has 1 aromatic carbocycles. The molecule has 2 nitrogen and oxygen atoms in total. The summed E-state index contributed by atoms with van der Waals surface area (Å²) >= 11 is 1.72. The van der Waals surface area contributed by atoms with Gasteiger partial charge in [-0.3, -0.25) is 4.99 Å². The summed E-state index contributed by atoms with van der Waals surface area (Å²) in [6.07, 6.45) is 1.04. The molecular weight excluding hydrogens is 223 g/mol. The highest BCUT2D eigenvalue weighted by molar-refractivity contribution is 8.14. The molecule has 0 aromatic heterocycles. The lowest BCUT2D eigenvalue weighted by atomic mass is 10.0. The maximum Gasteiger partial charge on any atom is 0.161 e. The maximum absolute atomic E-state index is 12.7. The van der Waals surface area contributed by atoms with Gasteiger partial charge in [0.15, 0.2) is 5.17 Å². The Bertz CT molecular complexity index is 402. The van der Waals surface area contributed by atoms with Crippen LogP contribution < -0.4 is 5.32 Å². The molecule has 1 atom stereocenters. The van der Waals surface area contributed by atoms with Crippen LogP contribution in [-0.2, 0) is 0 Å². The Morgan fingerprint density at radius 2 is 2.12 bits per heavy atom. The number of anilines is 1. The van der Waals surface area contributed by atoms with Gasteiger partial charge in [0.2, 0.25) is 0 Å². The molecule has 1 unspecified atom stereocenters. The van der Waals surface area contributed by atoms with Crippen LogP contribution in [0.15, 0.2) is 29.3 Å². The van der Waals surface area contributed by atoms with Crippen molar-refractivity contribution >= 4 is 22.6 Å². The molecule has 16 heavy (non-hydrogen) atoms. The first kappa shape index (κ1) is 11.5. The van der Waals surface area contributed by atoms with Crippen LogP contribution in [0.25, 0.3) is 0 Å². The Balaban J connectivity index is 2.06. The minimum absolute atomic E-state index is 0.0486. The van der Waals surface area contributed by atoms with Crippen LogP contribution in [0.5, 0.6) is 0 Å². The van der Waals surface area contributed by atoms with E-state index in [1.54, 1.807) is 23.9 Å². The van der Waals surface area contributed by atoms with Gasteiger partial charge in [0.25, 0.3) is 0 Å². The van der Waals surface area contributed by atoms with Gasteiger partial charge in [0.1, 0.15) is 5.82 Å². The Hall–Kier alpha value is -1.03. The van der Waals surface area contributed by atoms with E-state index in [9.17, 15) is 4.39 Å². The molecule has 86 valence electrons. The fraction of sp³-hybridized carbons (Fsp3) is 0.417. The van der Waals surface area contributed by atoms with Crippen molar-refractivity contribution in [2.75, 3.05) is 11.1 Å². The fourth-order valence-electron chi connectivity index (χ4n) is 1.44. The fourth-order valence-corrected chi connectivity index (χ4v) is 2.63. The summed E-state index contributed by atoms with van der Waals surface area (Å²) in [5, 5.41) is 4.13. The molecule has 0 bridgehead atoms. The molecule has 0 aliphatic carbocycles. The van der Waals surface area contributed by atoms with E-state index in [1.807, 2.05) is 0 Å². The zero-order valence-electron chi connectivity index (χ0n) is 9.46. The Kier molecular flexibility index (Phi) is 3.19. The van der Waals surface area contributed by atoms with Crippen LogP contribution >= 0.6 is 11.8 Å². The summed E-state index contributed by atoms with van der Waals surface area (Å²) in [7, 11) is 0. The van der Waals surface area contributed by atoms with Gasteiger partial charge >= 0.3 is 0 Å². The van der Waals surface area contributed by atoms with Gasteiger partial charge in [-0.25, -0.2) is 4.39 Å². The zero-order chi connectivity index (χ0) is 11.6. The van der Waals surface area contributed by atoms with E-state index in [0.717, 1.165) is 23.0 Å². The Labute approximate surface area is 99.3 Å². The first-order valence-corrected chi connectivity index (χ1v) is 6.35. The molecule has 0 saturated carbocycles. The standard InChI is InChI=1S/C12H15FN2S/c1-3-12(2)8-16-11(15-12)14-10-6-4-9(13)5-7-10/h4-7H,3,8H2,1-2H3,(H,14,15). The van der Waals surface area contributed by atoms with Gasteiger partial charge in [-0.05, 0) is 37.6 Å². The number of hydrogen-bond acceptors (Lipinski definition) is 3. The van der Waals surface area contributed by atoms with E-state index in [4.69, 9.17) is 0 Å². The van der Waals surface area contributed by atoms with Crippen LogP contribution in [0.4, 0.5) is 10.1 Å². The summed E-state index contributed by atoms with van der Waals surface area (Å²) < 4.78 is 12.7. The lowest BCUT2D eigenvalue weighted by Crippen LogP contribution is -2.20. The number of hydrogen-bond donors (Lipinski definition) is 1. The molecule has 0 saturated heterocycles. The minimum Gasteiger partial charge on any atom is -0.335 e. The number of halogens is 1. The van der Waals surface area contributed by atoms with E-state index in [1.165, 1.54) is 12.1 Å². The number of benzene rings is 1. The monoisotopic (exact) mass is 238 g/mol. The number of amidine groups is 1. The lowest BCUT2D eigenvalue weighted by Gasteiger charge is -2.15. The Morgan fingerprint density at radius 3 is 2.69 bits per heavy atom. The molecule has 1 aliphatic rings. The van der Waals surface area contributed by atoms with E-state index < -0.39 is 0 Å². The predicted molar refractivity (Wildman–Crippen MR) is 68.6 cm³/mol. The van der Waals surface area contributed by atoms with Crippen molar-refractivity contribution in [2.45, 2.75) is 25.8 Å². The zero-order valence-corrected chi connectivity index (χ0v) is 10.3. The third-order valence-electron chi connectivity index (χ3n) is 2.75. The molecule has 2 rings (SSSR count). The molecule has 1 heterocycles. The first-order chi connectivity index (χ1) is 7.61. The van der Waals surface area contributed by atoms with Crippen LogP contribution in [0.1, 0.15) is 20.3 Å². The summed E-state index contributed by atoms with van der Waals surface area (Å²) in [4.78, 5) is 4.63. The van der Waals surface area contributed by atoms with Crippen molar-refractivity contribution in [2.24, 2.45) is 4.99 Å². The molecule has 1 N–H and O–H groups in total. The summed E-state index contributed by atoms with van der Waals surface area (Å²) in [6, 6.07) is 6.34. The molecule has 0 amide bonds. The molecular formula is C12H15FN2S. The van der Waals surface area contributed by atoms with Gasteiger partial charge in [-0.1, -0.05) is 18.7 Å². The molecule has 1 aromatic rings. The van der Waals surface area contributed by atoms with E-state index in [2.05, 4.69) is 24.2 Å². The smallest absolute Gasteiger partial charge is 0.161 e. The van der Waals surface area contributed by atoms with Gasteiger partial charge in [-0.2, -0.15) is 0 Å². The van der Waals surface area contributed by atoms with Crippen molar-refractivity contribution in [1.29, 1.82) is 0 Å². The predicted octanol–water partition coefficient (Wildman–Crippen LogP) is 3.51. The third kappa shape index (κ3) is 2.55. The van der Waals surface area contributed by atoms with E-state index >= 15 is 0 Å². The van der Waals surface area contributed by atoms with Crippen LogP contribution in [0.2, 0.25) is 0 Å². The topological polar surface area (TPSA) is 24.4 Å². The van der Waals surface area contributed by atoms with Crippen LogP contribution in [-0.4, -0.2) is 16.5 Å². The van der Waals surface area contributed by atoms with E-state index in [0.29, 0.717) is 0 Å². The van der Waals surface area contributed by atoms with Crippen molar-refractivity contribution in [3.8, 4) is 0 Å². The molecule has 0 fully saturated rings. The number of rotatable bonds is 2. The summed E-state index contributed by atoms with van der Waals surface area (Å²) in [5.41, 5.74) is 0.931.